The summed E-state index contributed by atoms with van der Waals surface area (Å²) in [4.78, 5) is 0.910. The fraction of sp³-hybridized carbons (Fsp3) is 0.600. The molecule has 1 aliphatic heterocycles. The van der Waals surface area contributed by atoms with E-state index in [2.05, 4.69) is 0 Å². The van der Waals surface area contributed by atoms with Crippen LogP contribution in [-0.2, 0) is 20.1 Å². The first-order valence-electron chi connectivity index (χ1n) is 7.16. The molecule has 1 unspecified atom stereocenters. The second kappa shape index (κ2) is 4.68. The Hall–Kier alpha value is -0.645. The molecule has 1 aromatic rings. The van der Waals surface area contributed by atoms with E-state index in [0.29, 0.717) is 5.25 Å². The van der Waals surface area contributed by atoms with Gasteiger partial charge in [0.25, 0.3) is 0 Å². The largest absolute Gasteiger partial charge is 0.494 e. The molecular formula is C15H21BO3S. The number of hydrogen-bond acceptors (Lipinski definition) is 3. The number of benzene rings is 1. The first kappa shape index (κ1) is 14.3. The summed E-state index contributed by atoms with van der Waals surface area (Å²) in [6.45, 7) is 8.18. The lowest BCUT2D eigenvalue weighted by Gasteiger charge is -2.32. The van der Waals surface area contributed by atoms with Crippen LogP contribution < -0.4 is 5.46 Å². The smallest absolute Gasteiger partial charge is 0.399 e. The maximum absolute atomic E-state index is 12.1. The van der Waals surface area contributed by atoms with Gasteiger partial charge in [-0.2, -0.15) is 0 Å². The maximum atomic E-state index is 12.1. The third-order valence-corrected chi connectivity index (χ3v) is 6.28. The first-order valence-corrected chi connectivity index (χ1v) is 8.38. The Kier molecular flexibility index (Phi) is 3.35. The maximum Gasteiger partial charge on any atom is 0.494 e. The highest BCUT2D eigenvalue weighted by Crippen LogP contribution is 2.36. The van der Waals surface area contributed by atoms with E-state index in [9.17, 15) is 4.21 Å². The van der Waals surface area contributed by atoms with Gasteiger partial charge >= 0.3 is 7.12 Å². The van der Waals surface area contributed by atoms with Crippen molar-refractivity contribution < 1.29 is 13.5 Å². The summed E-state index contributed by atoms with van der Waals surface area (Å²) < 4.78 is 24.1. The zero-order chi connectivity index (χ0) is 14.5. The molecule has 2 aliphatic rings. The van der Waals surface area contributed by atoms with Crippen LogP contribution >= 0.6 is 0 Å². The average molecular weight is 292 g/mol. The number of rotatable bonds is 3. The van der Waals surface area contributed by atoms with E-state index >= 15 is 0 Å². The van der Waals surface area contributed by atoms with E-state index in [1.807, 2.05) is 52.0 Å². The van der Waals surface area contributed by atoms with Crippen molar-refractivity contribution >= 4 is 23.4 Å². The van der Waals surface area contributed by atoms with Crippen LogP contribution in [-0.4, -0.2) is 27.8 Å². The lowest BCUT2D eigenvalue weighted by atomic mass is 9.79. The zero-order valence-corrected chi connectivity index (χ0v) is 13.3. The SMILES string of the molecule is CC1(C)OB(c2ccc(S(=O)C3CC3)cc2)OC1(C)C. The van der Waals surface area contributed by atoms with Crippen LogP contribution in [0.4, 0.5) is 0 Å². The van der Waals surface area contributed by atoms with Gasteiger partial charge < -0.3 is 9.31 Å². The van der Waals surface area contributed by atoms with E-state index in [1.165, 1.54) is 0 Å². The van der Waals surface area contributed by atoms with Gasteiger partial charge in [-0.1, -0.05) is 12.1 Å². The molecular weight excluding hydrogens is 271 g/mol. The molecule has 1 atom stereocenters. The van der Waals surface area contributed by atoms with E-state index in [-0.39, 0.29) is 18.3 Å². The van der Waals surface area contributed by atoms with Crippen molar-refractivity contribution in [3.05, 3.63) is 24.3 Å². The molecule has 20 heavy (non-hydrogen) atoms. The summed E-state index contributed by atoms with van der Waals surface area (Å²) in [6, 6.07) is 7.82. The topological polar surface area (TPSA) is 35.5 Å². The first-order chi connectivity index (χ1) is 9.30. The van der Waals surface area contributed by atoms with Crippen molar-refractivity contribution in [3.63, 3.8) is 0 Å². The van der Waals surface area contributed by atoms with E-state index in [4.69, 9.17) is 9.31 Å². The highest BCUT2D eigenvalue weighted by Gasteiger charge is 2.51. The molecule has 1 aromatic carbocycles. The summed E-state index contributed by atoms with van der Waals surface area (Å²) >= 11 is 0. The van der Waals surface area contributed by atoms with Crippen molar-refractivity contribution in [1.29, 1.82) is 0 Å². The van der Waals surface area contributed by atoms with Gasteiger partial charge in [0.15, 0.2) is 0 Å². The van der Waals surface area contributed by atoms with Gasteiger partial charge in [0.2, 0.25) is 0 Å². The highest BCUT2D eigenvalue weighted by atomic mass is 32.2. The molecule has 1 saturated carbocycles. The monoisotopic (exact) mass is 292 g/mol. The van der Waals surface area contributed by atoms with Crippen LogP contribution in [0, 0.1) is 0 Å². The Labute approximate surface area is 123 Å². The fourth-order valence-corrected chi connectivity index (χ4v) is 3.57. The van der Waals surface area contributed by atoms with Crippen molar-refractivity contribution in [2.75, 3.05) is 0 Å². The molecule has 108 valence electrons. The molecule has 3 rings (SSSR count). The third-order valence-electron chi connectivity index (χ3n) is 4.46. The van der Waals surface area contributed by atoms with Gasteiger partial charge in [-0.05, 0) is 58.1 Å². The second-order valence-corrected chi connectivity index (χ2v) is 8.39. The zero-order valence-electron chi connectivity index (χ0n) is 12.5. The van der Waals surface area contributed by atoms with Crippen LogP contribution in [0.3, 0.4) is 0 Å². The predicted octanol–water partition coefficient (Wildman–Crippen LogP) is 2.26. The summed E-state index contributed by atoms with van der Waals surface area (Å²) in [5, 5.41) is 0.373. The van der Waals surface area contributed by atoms with Crippen molar-refractivity contribution in [2.45, 2.75) is 61.9 Å². The van der Waals surface area contributed by atoms with Crippen LogP contribution in [0.15, 0.2) is 29.2 Å². The molecule has 0 N–H and O–H groups in total. The Morgan fingerprint density at radius 1 is 1.05 bits per heavy atom. The minimum atomic E-state index is -0.846. The molecule has 3 nitrogen and oxygen atoms in total. The quantitative estimate of drug-likeness (QED) is 0.802. The molecule has 0 radical (unpaired) electrons. The fourth-order valence-electron chi connectivity index (χ4n) is 2.21. The van der Waals surface area contributed by atoms with Crippen molar-refractivity contribution in [3.8, 4) is 0 Å². The molecule has 5 heteroatoms. The molecule has 0 spiro atoms. The lowest BCUT2D eigenvalue weighted by Crippen LogP contribution is -2.41. The van der Waals surface area contributed by atoms with Gasteiger partial charge in [0.05, 0.1) is 22.0 Å². The third kappa shape index (κ3) is 2.47. The lowest BCUT2D eigenvalue weighted by molar-refractivity contribution is 0.00578. The molecule has 1 aliphatic carbocycles. The molecule has 1 heterocycles. The van der Waals surface area contributed by atoms with E-state index in [0.717, 1.165) is 23.2 Å². The summed E-state index contributed by atoms with van der Waals surface area (Å²) in [5.74, 6) is 0. The molecule has 2 fully saturated rings. The molecule has 0 aromatic heterocycles. The average Bonchev–Trinajstić information content (AvgIpc) is 3.17. The van der Waals surface area contributed by atoms with Gasteiger partial charge in [0.1, 0.15) is 0 Å². The van der Waals surface area contributed by atoms with Crippen molar-refractivity contribution in [2.24, 2.45) is 0 Å². The van der Waals surface area contributed by atoms with Crippen LogP contribution in [0.1, 0.15) is 40.5 Å². The van der Waals surface area contributed by atoms with Crippen LogP contribution in [0.25, 0.3) is 0 Å². The van der Waals surface area contributed by atoms with E-state index < -0.39 is 10.8 Å². The Balaban J connectivity index is 1.77. The normalized spacial score (nSPS) is 25.7. The van der Waals surface area contributed by atoms with Gasteiger partial charge in [-0.25, -0.2) is 0 Å². The number of hydrogen-bond donors (Lipinski definition) is 0. The Morgan fingerprint density at radius 3 is 2.00 bits per heavy atom. The van der Waals surface area contributed by atoms with Gasteiger partial charge in [-0.3, -0.25) is 4.21 Å². The highest BCUT2D eigenvalue weighted by molar-refractivity contribution is 7.86. The molecule has 1 saturated heterocycles. The van der Waals surface area contributed by atoms with Gasteiger partial charge in [-0.15, -0.1) is 0 Å². The Bertz CT molecular complexity index is 519. The summed E-state index contributed by atoms with van der Waals surface area (Å²) in [6.07, 6.45) is 2.18. The minimum absolute atomic E-state index is 0.326. The molecule has 0 amide bonds. The standard InChI is InChI=1S/C15H21BO3S/c1-14(2)15(3,4)19-16(18-14)11-5-7-12(8-6-11)20(17)13-9-10-13/h5-8,13H,9-10H2,1-4H3. The molecule has 0 bridgehead atoms. The van der Waals surface area contributed by atoms with Crippen LogP contribution in [0.5, 0.6) is 0 Å². The predicted molar refractivity (Wildman–Crippen MR) is 81.6 cm³/mol. The van der Waals surface area contributed by atoms with Crippen LogP contribution in [0.2, 0.25) is 0 Å². The summed E-state index contributed by atoms with van der Waals surface area (Å²) in [7, 11) is -1.19. The van der Waals surface area contributed by atoms with Crippen molar-refractivity contribution in [1.82, 2.24) is 0 Å². The summed E-state index contributed by atoms with van der Waals surface area (Å²) in [5.41, 5.74) is 0.334. The Morgan fingerprint density at radius 2 is 1.55 bits per heavy atom. The second-order valence-electron chi connectivity index (χ2n) is 6.65. The van der Waals surface area contributed by atoms with E-state index in [1.54, 1.807) is 0 Å². The minimum Gasteiger partial charge on any atom is -0.399 e. The van der Waals surface area contributed by atoms with Gasteiger partial charge in [0, 0.05) is 10.1 Å².